The van der Waals surface area contributed by atoms with E-state index in [1.165, 1.54) is 17.7 Å². The second-order valence-corrected chi connectivity index (χ2v) is 5.93. The molecule has 0 saturated carbocycles. The summed E-state index contributed by atoms with van der Waals surface area (Å²) in [6.45, 7) is 7.53. The van der Waals surface area contributed by atoms with Crippen molar-refractivity contribution in [1.82, 2.24) is 0 Å². The first-order valence-electron chi connectivity index (χ1n) is 6.86. The van der Waals surface area contributed by atoms with Gasteiger partial charge in [0.25, 0.3) is 0 Å². The third kappa shape index (κ3) is 2.81. The molecule has 0 aliphatic carbocycles. The van der Waals surface area contributed by atoms with Gasteiger partial charge in [-0.2, -0.15) is 0 Å². The Morgan fingerprint density at radius 2 is 2.22 bits per heavy atom. The molecule has 1 unspecified atom stereocenters. The Kier molecular flexibility index (Phi) is 4.52. The molecule has 1 fully saturated rings. The van der Waals surface area contributed by atoms with Crippen LogP contribution in [0.4, 0.5) is 5.69 Å². The molecule has 1 aliphatic heterocycles. The summed E-state index contributed by atoms with van der Waals surface area (Å²) in [6, 6.07) is 6.16. The van der Waals surface area contributed by atoms with Gasteiger partial charge in [0.1, 0.15) is 0 Å². The monoisotopic (exact) mass is 266 g/mol. The molecule has 1 aliphatic rings. The lowest BCUT2D eigenvalue weighted by Crippen LogP contribution is -2.23. The van der Waals surface area contributed by atoms with Crippen LogP contribution in [0.25, 0.3) is 0 Å². The first-order chi connectivity index (χ1) is 8.63. The van der Waals surface area contributed by atoms with Crippen LogP contribution in [0.3, 0.4) is 0 Å². The zero-order valence-corrected chi connectivity index (χ0v) is 12.1. The molecule has 100 valence electrons. The summed E-state index contributed by atoms with van der Waals surface area (Å²) < 4.78 is 0. The Hall–Kier alpha value is -0.730. The minimum atomic E-state index is 0.675. The Morgan fingerprint density at radius 3 is 2.83 bits per heavy atom. The van der Waals surface area contributed by atoms with Gasteiger partial charge in [0.15, 0.2) is 0 Å². The number of anilines is 1. The molecule has 18 heavy (non-hydrogen) atoms. The molecule has 1 aromatic carbocycles. The summed E-state index contributed by atoms with van der Waals surface area (Å²) in [6.07, 6.45) is 2.17. The second kappa shape index (κ2) is 5.94. The lowest BCUT2D eigenvalue weighted by molar-refractivity contribution is 0.422. The molecule has 0 bridgehead atoms. The number of para-hydroxylation sites is 1. The Balaban J connectivity index is 2.23. The van der Waals surface area contributed by atoms with Crippen molar-refractivity contribution < 1.29 is 0 Å². The van der Waals surface area contributed by atoms with Crippen molar-refractivity contribution in [3.05, 3.63) is 28.8 Å². The molecular weight excluding hydrogens is 244 g/mol. The molecule has 2 N–H and O–H groups in total. The van der Waals surface area contributed by atoms with E-state index in [4.69, 9.17) is 17.3 Å². The first-order valence-corrected chi connectivity index (χ1v) is 7.23. The van der Waals surface area contributed by atoms with Crippen LogP contribution in [0, 0.1) is 11.8 Å². The summed E-state index contributed by atoms with van der Waals surface area (Å²) in [5.41, 5.74) is 8.19. The Bertz CT molecular complexity index is 403. The van der Waals surface area contributed by atoms with Gasteiger partial charge in [0.2, 0.25) is 0 Å². The van der Waals surface area contributed by atoms with Crippen LogP contribution in [0.5, 0.6) is 0 Å². The van der Waals surface area contributed by atoms with Gasteiger partial charge < -0.3 is 10.6 Å². The summed E-state index contributed by atoms with van der Waals surface area (Å²) in [7, 11) is 0. The van der Waals surface area contributed by atoms with Crippen LogP contribution in [0.2, 0.25) is 5.02 Å². The van der Waals surface area contributed by atoms with Crippen LogP contribution in [0.15, 0.2) is 18.2 Å². The normalized spacial score (nSPS) is 19.8. The fourth-order valence-electron chi connectivity index (χ4n) is 2.81. The predicted molar refractivity (Wildman–Crippen MR) is 79.4 cm³/mol. The highest BCUT2D eigenvalue weighted by molar-refractivity contribution is 6.33. The smallest absolute Gasteiger partial charge is 0.0642 e. The zero-order valence-electron chi connectivity index (χ0n) is 11.3. The molecule has 0 spiro atoms. The molecule has 3 heteroatoms. The van der Waals surface area contributed by atoms with Gasteiger partial charge >= 0.3 is 0 Å². The number of nitrogens with zero attached hydrogens (tertiary/aromatic N) is 1. The van der Waals surface area contributed by atoms with E-state index >= 15 is 0 Å². The molecule has 0 amide bonds. The summed E-state index contributed by atoms with van der Waals surface area (Å²) >= 11 is 6.39. The molecular formula is C15H23ClN2. The summed E-state index contributed by atoms with van der Waals surface area (Å²) in [5, 5.41) is 0.866. The zero-order chi connectivity index (χ0) is 13.1. The highest BCUT2D eigenvalue weighted by Crippen LogP contribution is 2.35. The van der Waals surface area contributed by atoms with Gasteiger partial charge in [-0.05, 0) is 42.9 Å². The SMILES string of the molecule is CC(C)C1CCN(c2c(Cl)cccc2CCN)C1. The fourth-order valence-corrected chi connectivity index (χ4v) is 3.12. The van der Waals surface area contributed by atoms with E-state index in [1.54, 1.807) is 0 Å². The number of nitrogens with two attached hydrogens (primary N) is 1. The van der Waals surface area contributed by atoms with Gasteiger partial charge in [-0.25, -0.2) is 0 Å². The average Bonchev–Trinajstić information content (AvgIpc) is 2.79. The number of hydrogen-bond acceptors (Lipinski definition) is 2. The first kappa shape index (κ1) is 13.7. The summed E-state index contributed by atoms with van der Waals surface area (Å²) in [4.78, 5) is 2.44. The molecule has 0 radical (unpaired) electrons. The Labute approximate surface area is 115 Å². The van der Waals surface area contributed by atoms with Crippen molar-refractivity contribution in [2.45, 2.75) is 26.7 Å². The lowest BCUT2D eigenvalue weighted by atomic mass is 9.95. The van der Waals surface area contributed by atoms with Crippen LogP contribution in [-0.4, -0.2) is 19.6 Å². The maximum absolute atomic E-state index is 6.39. The molecule has 1 heterocycles. The van der Waals surface area contributed by atoms with Gasteiger partial charge in [0, 0.05) is 13.1 Å². The highest BCUT2D eigenvalue weighted by atomic mass is 35.5. The highest BCUT2D eigenvalue weighted by Gasteiger charge is 2.27. The van der Waals surface area contributed by atoms with Gasteiger partial charge in [-0.3, -0.25) is 0 Å². The third-order valence-electron chi connectivity index (χ3n) is 3.97. The van der Waals surface area contributed by atoms with Gasteiger partial charge in [-0.15, -0.1) is 0 Å². The van der Waals surface area contributed by atoms with E-state index < -0.39 is 0 Å². The van der Waals surface area contributed by atoms with Crippen molar-refractivity contribution in [3.8, 4) is 0 Å². The molecule has 2 rings (SSSR count). The van der Waals surface area contributed by atoms with Crippen LogP contribution >= 0.6 is 11.6 Å². The minimum Gasteiger partial charge on any atom is -0.370 e. The number of rotatable bonds is 4. The molecule has 2 nitrogen and oxygen atoms in total. The van der Waals surface area contributed by atoms with Crippen molar-refractivity contribution in [1.29, 1.82) is 0 Å². The van der Waals surface area contributed by atoms with Gasteiger partial charge in [-0.1, -0.05) is 37.6 Å². The number of benzene rings is 1. The molecule has 1 aromatic rings. The van der Waals surface area contributed by atoms with Crippen molar-refractivity contribution in [2.24, 2.45) is 17.6 Å². The summed E-state index contributed by atoms with van der Waals surface area (Å²) in [5.74, 6) is 1.53. The van der Waals surface area contributed by atoms with Gasteiger partial charge in [0.05, 0.1) is 10.7 Å². The van der Waals surface area contributed by atoms with Crippen LogP contribution < -0.4 is 10.6 Å². The quantitative estimate of drug-likeness (QED) is 0.906. The van der Waals surface area contributed by atoms with Crippen molar-refractivity contribution in [2.75, 3.05) is 24.5 Å². The minimum absolute atomic E-state index is 0.675. The number of halogens is 1. The number of hydrogen-bond donors (Lipinski definition) is 1. The van der Waals surface area contributed by atoms with Crippen molar-refractivity contribution >= 4 is 17.3 Å². The second-order valence-electron chi connectivity index (χ2n) is 5.53. The lowest BCUT2D eigenvalue weighted by Gasteiger charge is -2.24. The maximum Gasteiger partial charge on any atom is 0.0642 e. The maximum atomic E-state index is 6.39. The fraction of sp³-hybridized carbons (Fsp3) is 0.600. The van der Waals surface area contributed by atoms with Crippen LogP contribution in [0.1, 0.15) is 25.8 Å². The average molecular weight is 267 g/mol. The Morgan fingerprint density at radius 1 is 1.44 bits per heavy atom. The largest absolute Gasteiger partial charge is 0.370 e. The van der Waals surface area contributed by atoms with E-state index in [2.05, 4.69) is 24.8 Å². The van der Waals surface area contributed by atoms with E-state index in [9.17, 15) is 0 Å². The van der Waals surface area contributed by atoms with Crippen molar-refractivity contribution in [3.63, 3.8) is 0 Å². The molecule has 1 saturated heterocycles. The predicted octanol–water partition coefficient (Wildman–Crippen LogP) is 3.32. The van der Waals surface area contributed by atoms with E-state index in [0.717, 1.165) is 36.4 Å². The van der Waals surface area contributed by atoms with E-state index in [1.807, 2.05) is 12.1 Å². The van der Waals surface area contributed by atoms with E-state index in [-0.39, 0.29) is 0 Å². The topological polar surface area (TPSA) is 29.3 Å². The third-order valence-corrected chi connectivity index (χ3v) is 4.27. The molecule has 1 atom stereocenters. The molecule has 0 aromatic heterocycles. The standard InChI is InChI=1S/C15H23ClN2/c1-11(2)13-7-9-18(10-13)15-12(6-8-17)4-3-5-14(15)16/h3-5,11,13H,6-10,17H2,1-2H3. The van der Waals surface area contributed by atoms with E-state index in [0.29, 0.717) is 6.54 Å². The van der Waals surface area contributed by atoms with Crippen LogP contribution in [-0.2, 0) is 6.42 Å².